The molecule has 254 valence electrons. The first-order chi connectivity index (χ1) is 26.6. The van der Waals surface area contributed by atoms with E-state index >= 15 is 0 Å². The van der Waals surface area contributed by atoms with Gasteiger partial charge in [0.2, 0.25) is 0 Å². The van der Waals surface area contributed by atoms with Crippen molar-refractivity contribution < 1.29 is 4.42 Å². The lowest BCUT2D eigenvalue weighted by Gasteiger charge is -2.19. The third kappa shape index (κ3) is 5.66. The maximum Gasteiger partial charge on any atom is 0.160 e. The Labute approximate surface area is 314 Å². The van der Waals surface area contributed by atoms with E-state index in [-0.39, 0.29) is 0 Å². The van der Waals surface area contributed by atoms with Crippen LogP contribution in [-0.2, 0) is 0 Å². The van der Waals surface area contributed by atoms with E-state index in [0.29, 0.717) is 28.4 Å². The molecule has 9 rings (SSSR count). The third-order valence-electron chi connectivity index (χ3n) is 10.1. The fourth-order valence-corrected chi connectivity index (χ4v) is 7.46. The summed E-state index contributed by atoms with van der Waals surface area (Å²) in [7, 11) is 0. The Kier molecular flexibility index (Phi) is 8.23. The minimum absolute atomic E-state index is 0.406. The van der Waals surface area contributed by atoms with Crippen molar-refractivity contribution in [2.75, 3.05) is 0 Å². The summed E-state index contributed by atoms with van der Waals surface area (Å²) in [6.45, 7) is 6.88. The molecule has 4 nitrogen and oxygen atoms in total. The van der Waals surface area contributed by atoms with Gasteiger partial charge in [0.1, 0.15) is 22.8 Å². The molecule has 0 N–H and O–H groups in total. The second-order valence-corrected chi connectivity index (χ2v) is 13.3. The van der Waals surface area contributed by atoms with Gasteiger partial charge in [0.25, 0.3) is 0 Å². The van der Waals surface area contributed by atoms with Crippen LogP contribution in [0.2, 0.25) is 0 Å². The van der Waals surface area contributed by atoms with Gasteiger partial charge in [0.15, 0.2) is 5.82 Å². The van der Waals surface area contributed by atoms with E-state index in [1.54, 1.807) is 0 Å². The number of fused-ring (bicyclic) bond motifs is 3. The highest BCUT2D eigenvalue weighted by molar-refractivity contribution is 6.13. The largest absolute Gasteiger partial charge is 0.456 e. The molecule has 0 unspecified atom stereocenters. The molecule has 0 amide bonds. The minimum atomic E-state index is 0.406. The molecule has 7 aromatic carbocycles. The first kappa shape index (κ1) is 32.6. The number of hydrogen-bond donors (Lipinski definition) is 0. The molecule has 9 aromatic rings. The zero-order valence-electron chi connectivity index (χ0n) is 29.6. The lowest BCUT2D eigenvalue weighted by Crippen LogP contribution is -2.01. The highest BCUT2D eigenvalue weighted by Gasteiger charge is 2.23. The Morgan fingerprint density at radius 1 is 0.574 bits per heavy atom. The van der Waals surface area contributed by atoms with Crippen molar-refractivity contribution in [2.24, 2.45) is 0 Å². The van der Waals surface area contributed by atoms with Crippen molar-refractivity contribution >= 4 is 27.5 Å². The molecule has 0 bridgehead atoms. The summed E-state index contributed by atoms with van der Waals surface area (Å²) in [6.07, 6.45) is 0. The monoisotopic (exact) mass is 691 g/mol. The van der Waals surface area contributed by atoms with Crippen LogP contribution in [0.25, 0.3) is 83.7 Å². The summed E-state index contributed by atoms with van der Waals surface area (Å²) in [5.41, 5.74) is 14.2. The van der Waals surface area contributed by atoms with Crippen molar-refractivity contribution in [2.45, 2.75) is 6.92 Å². The van der Waals surface area contributed by atoms with E-state index < -0.39 is 0 Å². The fourth-order valence-electron chi connectivity index (χ4n) is 7.46. The van der Waals surface area contributed by atoms with E-state index in [2.05, 4.69) is 91.9 Å². The maximum atomic E-state index is 10.7. The van der Waals surface area contributed by atoms with Crippen LogP contribution in [0.1, 0.15) is 22.3 Å². The predicted octanol–water partition coefficient (Wildman–Crippen LogP) is 13.0. The topological polar surface area (TPSA) is 62.7 Å². The smallest absolute Gasteiger partial charge is 0.160 e. The number of aromatic nitrogens is 2. The number of nitriles is 1. The van der Waals surface area contributed by atoms with Gasteiger partial charge >= 0.3 is 0 Å². The summed E-state index contributed by atoms with van der Waals surface area (Å²) >= 11 is 0. The van der Waals surface area contributed by atoms with Crippen molar-refractivity contribution in [1.82, 2.24) is 9.97 Å². The molecule has 0 fully saturated rings. The molecule has 0 aliphatic carbocycles. The van der Waals surface area contributed by atoms with E-state index in [1.165, 1.54) is 11.1 Å². The zero-order valence-corrected chi connectivity index (χ0v) is 29.6. The summed E-state index contributed by atoms with van der Waals surface area (Å²) < 4.78 is 6.49. The van der Waals surface area contributed by atoms with Crippen molar-refractivity contribution in [3.8, 4) is 62.2 Å². The van der Waals surface area contributed by atoms with E-state index in [0.717, 1.165) is 66.4 Å². The summed E-state index contributed by atoms with van der Waals surface area (Å²) in [5, 5.41) is 12.5. The molecule has 0 saturated heterocycles. The van der Waals surface area contributed by atoms with Crippen molar-refractivity contribution in [1.29, 1.82) is 5.26 Å². The molecule has 0 atom stereocenters. The number of furan rings is 1. The standard InChI is InChI=1S/C50H33N3O/c1-32-16-12-13-23-38(32)46-39(24-14-25-40(46)34-17-6-3-7-18-34)33(2)37-28-29-44-42(30-37)47-41(26-15-27-45(47)54-44)49-43(31-51)48(35-19-8-4-9-20-35)52-50(53-49)36-21-10-5-11-22-36/h3-30H,2H2,1H3. The van der Waals surface area contributed by atoms with Crippen LogP contribution in [0.5, 0.6) is 0 Å². The second kappa shape index (κ2) is 13.7. The van der Waals surface area contributed by atoms with Gasteiger partial charge in [-0.3, -0.25) is 0 Å². The van der Waals surface area contributed by atoms with Crippen LogP contribution in [0.3, 0.4) is 0 Å². The maximum absolute atomic E-state index is 10.7. The van der Waals surface area contributed by atoms with Gasteiger partial charge in [-0.25, -0.2) is 9.97 Å². The minimum Gasteiger partial charge on any atom is -0.456 e. The summed E-state index contributed by atoms with van der Waals surface area (Å²) in [6, 6.07) is 59.9. The molecule has 54 heavy (non-hydrogen) atoms. The molecule has 2 aromatic heterocycles. The average Bonchev–Trinajstić information content (AvgIpc) is 3.62. The molecule has 0 aliphatic rings. The first-order valence-corrected chi connectivity index (χ1v) is 17.9. The molecule has 4 heteroatoms. The quantitative estimate of drug-likeness (QED) is 0.167. The molecular weight excluding hydrogens is 659 g/mol. The van der Waals surface area contributed by atoms with Crippen molar-refractivity contribution in [3.63, 3.8) is 0 Å². The highest BCUT2D eigenvalue weighted by Crippen LogP contribution is 2.43. The lowest BCUT2D eigenvalue weighted by molar-refractivity contribution is 0.669. The predicted molar refractivity (Wildman–Crippen MR) is 221 cm³/mol. The first-order valence-electron chi connectivity index (χ1n) is 17.9. The third-order valence-corrected chi connectivity index (χ3v) is 10.1. The van der Waals surface area contributed by atoms with Gasteiger partial charge in [0.05, 0.1) is 11.4 Å². The SMILES string of the molecule is C=C(c1ccc2oc3cccc(-c4nc(-c5ccccc5)nc(-c5ccccc5)c4C#N)c3c2c1)c1cccc(-c2ccccc2)c1-c1ccccc1C. The summed E-state index contributed by atoms with van der Waals surface area (Å²) in [4.78, 5) is 10.1. The Morgan fingerprint density at radius 3 is 1.91 bits per heavy atom. The average molecular weight is 692 g/mol. The second-order valence-electron chi connectivity index (χ2n) is 13.3. The van der Waals surface area contributed by atoms with Crippen LogP contribution in [-0.4, -0.2) is 9.97 Å². The Morgan fingerprint density at radius 2 is 1.19 bits per heavy atom. The summed E-state index contributed by atoms with van der Waals surface area (Å²) in [5.74, 6) is 0.546. The van der Waals surface area contributed by atoms with E-state index in [9.17, 15) is 5.26 Å². The number of aryl methyl sites for hydroxylation is 1. The Bertz CT molecular complexity index is 2900. The number of benzene rings is 7. The van der Waals surface area contributed by atoms with Gasteiger partial charge in [-0.05, 0) is 69.6 Å². The van der Waals surface area contributed by atoms with Crippen LogP contribution >= 0.6 is 0 Å². The van der Waals surface area contributed by atoms with E-state index in [1.807, 2.05) is 91.0 Å². The normalized spacial score (nSPS) is 11.1. The van der Waals surface area contributed by atoms with Crippen LogP contribution in [0, 0.1) is 18.3 Å². The molecule has 0 radical (unpaired) electrons. The van der Waals surface area contributed by atoms with Crippen molar-refractivity contribution in [3.05, 3.63) is 199 Å². The molecule has 2 heterocycles. The number of rotatable bonds is 7. The highest BCUT2D eigenvalue weighted by atomic mass is 16.3. The Hall–Kier alpha value is -7.35. The van der Waals surface area contributed by atoms with Gasteiger partial charge < -0.3 is 4.42 Å². The van der Waals surface area contributed by atoms with E-state index in [4.69, 9.17) is 21.0 Å². The van der Waals surface area contributed by atoms with Crippen LogP contribution in [0.15, 0.2) is 181 Å². The van der Waals surface area contributed by atoms with Gasteiger partial charge in [-0.15, -0.1) is 0 Å². The Balaban J connectivity index is 1.26. The lowest BCUT2D eigenvalue weighted by atomic mass is 9.84. The van der Waals surface area contributed by atoms with Gasteiger partial charge in [-0.1, -0.05) is 158 Å². The number of hydrogen-bond acceptors (Lipinski definition) is 4. The van der Waals surface area contributed by atoms with Crippen LogP contribution in [0.4, 0.5) is 0 Å². The van der Waals surface area contributed by atoms with Gasteiger partial charge in [0, 0.05) is 27.5 Å². The zero-order chi connectivity index (χ0) is 36.6. The molecule has 0 aliphatic heterocycles. The fraction of sp³-hybridized carbons (Fsp3) is 0.0200. The van der Waals surface area contributed by atoms with Gasteiger partial charge in [-0.2, -0.15) is 5.26 Å². The molecule has 0 spiro atoms. The molecular formula is C50H33N3O. The molecule has 0 saturated carbocycles. The van der Waals surface area contributed by atoms with Crippen LogP contribution < -0.4 is 0 Å². The number of nitrogens with zero attached hydrogens (tertiary/aromatic N) is 3.